The fourth-order valence-electron chi connectivity index (χ4n) is 3.31. The molecule has 0 aliphatic carbocycles. The third-order valence-electron chi connectivity index (χ3n) is 4.87. The first-order valence-electron chi connectivity index (χ1n) is 8.70. The molecule has 3 rings (SSSR count). The van der Waals surface area contributed by atoms with Gasteiger partial charge in [-0.05, 0) is 18.6 Å². The lowest BCUT2D eigenvalue weighted by molar-refractivity contribution is -0.136. The second-order valence-corrected chi connectivity index (χ2v) is 7.27. The van der Waals surface area contributed by atoms with Gasteiger partial charge in [0, 0.05) is 28.9 Å². The molecule has 2 aliphatic rings. The SMILES string of the molecule is COC(=O)C1=C(Nc2cccc3c2CC(C)(C)C(=O)N3)C(=O)N(CCO)C1. The van der Waals surface area contributed by atoms with Crippen LogP contribution < -0.4 is 10.6 Å². The summed E-state index contributed by atoms with van der Waals surface area (Å²) in [6.45, 7) is 3.70. The maximum atomic E-state index is 12.7. The van der Waals surface area contributed by atoms with E-state index in [1.54, 1.807) is 18.2 Å². The summed E-state index contributed by atoms with van der Waals surface area (Å²) in [7, 11) is 1.26. The smallest absolute Gasteiger partial charge is 0.337 e. The Balaban J connectivity index is 1.99. The lowest BCUT2D eigenvalue weighted by Crippen LogP contribution is -2.37. The maximum Gasteiger partial charge on any atom is 0.337 e. The quantitative estimate of drug-likeness (QED) is 0.662. The summed E-state index contributed by atoms with van der Waals surface area (Å²) < 4.78 is 4.80. The Morgan fingerprint density at radius 3 is 2.78 bits per heavy atom. The van der Waals surface area contributed by atoms with Crippen LogP contribution in [0.5, 0.6) is 0 Å². The van der Waals surface area contributed by atoms with Crippen molar-refractivity contribution in [3.05, 3.63) is 35.0 Å². The average molecular weight is 373 g/mol. The van der Waals surface area contributed by atoms with E-state index in [1.165, 1.54) is 12.0 Å². The Hall–Kier alpha value is -2.87. The normalized spacial score (nSPS) is 18.3. The molecule has 1 aromatic carbocycles. The summed E-state index contributed by atoms with van der Waals surface area (Å²) >= 11 is 0. The minimum absolute atomic E-state index is 0.0623. The third kappa shape index (κ3) is 3.40. The molecular weight excluding hydrogens is 350 g/mol. The highest BCUT2D eigenvalue weighted by atomic mass is 16.5. The predicted octanol–water partition coefficient (Wildman–Crippen LogP) is 0.881. The number of β-amino-alcohol motifs (C(OH)–C–C–N with tert-alkyl or cyclic N) is 1. The van der Waals surface area contributed by atoms with Gasteiger partial charge in [0.2, 0.25) is 5.91 Å². The standard InChI is InChI=1S/C19H23N3O5/c1-19(2)9-11-13(5-4-6-14(11)21-18(19)26)20-15-12(17(25)27-3)10-22(7-8-23)16(15)24/h4-6,20,23H,7-10H2,1-3H3,(H,21,26). The van der Waals surface area contributed by atoms with Crippen molar-refractivity contribution in [2.45, 2.75) is 20.3 Å². The van der Waals surface area contributed by atoms with Crippen LogP contribution in [0, 0.1) is 5.41 Å². The van der Waals surface area contributed by atoms with Gasteiger partial charge in [-0.2, -0.15) is 0 Å². The van der Waals surface area contributed by atoms with Crippen molar-refractivity contribution < 1.29 is 24.2 Å². The van der Waals surface area contributed by atoms with Gasteiger partial charge < -0.3 is 25.4 Å². The molecule has 0 bridgehead atoms. The summed E-state index contributed by atoms with van der Waals surface area (Å²) in [4.78, 5) is 38.4. The molecule has 0 spiro atoms. The molecule has 0 atom stereocenters. The maximum absolute atomic E-state index is 12.7. The van der Waals surface area contributed by atoms with Crippen LogP contribution in [0.15, 0.2) is 29.5 Å². The molecule has 0 aromatic heterocycles. The number of nitrogens with zero attached hydrogens (tertiary/aromatic N) is 1. The number of carbonyl (C=O) groups excluding carboxylic acids is 3. The molecule has 0 saturated heterocycles. The van der Waals surface area contributed by atoms with Crippen LogP contribution in [-0.2, 0) is 25.5 Å². The number of hydrogen-bond donors (Lipinski definition) is 3. The molecular formula is C19H23N3O5. The molecule has 2 aliphatic heterocycles. The van der Waals surface area contributed by atoms with Crippen LogP contribution in [0.25, 0.3) is 0 Å². The first-order valence-corrected chi connectivity index (χ1v) is 8.70. The van der Waals surface area contributed by atoms with Gasteiger partial charge in [-0.3, -0.25) is 9.59 Å². The number of fused-ring (bicyclic) bond motifs is 1. The predicted molar refractivity (Wildman–Crippen MR) is 98.9 cm³/mol. The van der Waals surface area contributed by atoms with Crippen LogP contribution in [0.2, 0.25) is 0 Å². The molecule has 0 saturated carbocycles. The molecule has 0 radical (unpaired) electrons. The molecule has 27 heavy (non-hydrogen) atoms. The zero-order valence-electron chi connectivity index (χ0n) is 15.6. The lowest BCUT2D eigenvalue weighted by Gasteiger charge is -2.32. The Morgan fingerprint density at radius 1 is 1.37 bits per heavy atom. The summed E-state index contributed by atoms with van der Waals surface area (Å²) in [6, 6.07) is 5.37. The molecule has 0 unspecified atom stereocenters. The van der Waals surface area contributed by atoms with Gasteiger partial charge in [0.25, 0.3) is 5.91 Å². The van der Waals surface area contributed by atoms with E-state index in [2.05, 4.69) is 10.6 Å². The van der Waals surface area contributed by atoms with Crippen LogP contribution in [-0.4, -0.2) is 54.6 Å². The Kier molecular flexibility index (Phi) is 4.93. The number of nitrogens with one attached hydrogen (secondary N) is 2. The second kappa shape index (κ2) is 7.03. The van der Waals surface area contributed by atoms with E-state index in [4.69, 9.17) is 9.84 Å². The summed E-state index contributed by atoms with van der Waals surface area (Å²) in [5.41, 5.74) is 1.96. The highest BCUT2D eigenvalue weighted by Gasteiger charge is 2.37. The highest BCUT2D eigenvalue weighted by molar-refractivity contribution is 6.09. The van der Waals surface area contributed by atoms with Crippen LogP contribution in [0.4, 0.5) is 11.4 Å². The van der Waals surface area contributed by atoms with Gasteiger partial charge in [-0.25, -0.2) is 4.79 Å². The van der Waals surface area contributed by atoms with Gasteiger partial charge in [0.1, 0.15) is 5.70 Å². The van der Waals surface area contributed by atoms with Crippen LogP contribution >= 0.6 is 0 Å². The number of rotatable bonds is 5. The van der Waals surface area contributed by atoms with Crippen molar-refractivity contribution in [1.82, 2.24) is 4.90 Å². The molecule has 2 heterocycles. The van der Waals surface area contributed by atoms with Crippen LogP contribution in [0.3, 0.4) is 0 Å². The van der Waals surface area contributed by atoms with Crippen molar-refractivity contribution >= 4 is 29.2 Å². The molecule has 144 valence electrons. The number of benzene rings is 1. The number of esters is 1. The fraction of sp³-hybridized carbons (Fsp3) is 0.421. The average Bonchev–Trinajstić information content (AvgIpc) is 2.92. The molecule has 2 amide bonds. The molecule has 8 heteroatoms. The van der Waals surface area contributed by atoms with Crippen LogP contribution in [0.1, 0.15) is 19.4 Å². The monoisotopic (exact) mass is 373 g/mol. The van der Waals surface area contributed by atoms with E-state index in [0.29, 0.717) is 17.8 Å². The zero-order valence-corrected chi connectivity index (χ0v) is 15.6. The Labute approximate surface area is 157 Å². The molecule has 3 N–H and O–H groups in total. The van der Waals surface area contributed by atoms with E-state index in [1.807, 2.05) is 13.8 Å². The number of ether oxygens (including phenoxy) is 1. The first-order chi connectivity index (χ1) is 12.8. The van der Waals surface area contributed by atoms with E-state index in [-0.39, 0.29) is 42.8 Å². The van der Waals surface area contributed by atoms with Gasteiger partial charge >= 0.3 is 5.97 Å². The van der Waals surface area contributed by atoms with E-state index in [0.717, 1.165) is 5.56 Å². The summed E-state index contributed by atoms with van der Waals surface area (Å²) in [5.74, 6) is -1.03. The van der Waals surface area contributed by atoms with E-state index >= 15 is 0 Å². The van der Waals surface area contributed by atoms with Gasteiger partial charge in [-0.1, -0.05) is 19.9 Å². The van der Waals surface area contributed by atoms with E-state index < -0.39 is 11.4 Å². The number of methoxy groups -OCH3 is 1. The molecule has 0 fully saturated rings. The Morgan fingerprint density at radius 2 is 2.11 bits per heavy atom. The minimum Gasteiger partial charge on any atom is -0.466 e. The summed E-state index contributed by atoms with van der Waals surface area (Å²) in [5, 5.41) is 15.1. The van der Waals surface area contributed by atoms with Gasteiger partial charge in [-0.15, -0.1) is 0 Å². The minimum atomic E-state index is -0.593. The molecule has 8 nitrogen and oxygen atoms in total. The lowest BCUT2D eigenvalue weighted by atomic mass is 9.80. The first kappa shape index (κ1) is 18.9. The highest BCUT2D eigenvalue weighted by Crippen LogP contribution is 2.38. The Bertz CT molecular complexity index is 844. The second-order valence-electron chi connectivity index (χ2n) is 7.27. The van der Waals surface area contributed by atoms with Crippen molar-refractivity contribution in [3.8, 4) is 0 Å². The largest absolute Gasteiger partial charge is 0.466 e. The molecule has 1 aromatic rings. The number of hydrogen-bond acceptors (Lipinski definition) is 6. The number of aliphatic hydroxyl groups is 1. The van der Waals surface area contributed by atoms with Crippen molar-refractivity contribution in [2.75, 3.05) is 37.4 Å². The van der Waals surface area contributed by atoms with E-state index in [9.17, 15) is 14.4 Å². The van der Waals surface area contributed by atoms with Crippen molar-refractivity contribution in [3.63, 3.8) is 0 Å². The summed E-state index contributed by atoms with van der Waals surface area (Å²) in [6.07, 6.45) is 0.493. The van der Waals surface area contributed by atoms with Gasteiger partial charge in [0.15, 0.2) is 0 Å². The topological polar surface area (TPSA) is 108 Å². The van der Waals surface area contributed by atoms with Crippen molar-refractivity contribution in [2.24, 2.45) is 5.41 Å². The number of amides is 2. The number of carbonyl (C=O) groups is 3. The van der Waals surface area contributed by atoms with Gasteiger partial charge in [0.05, 0.1) is 25.8 Å². The van der Waals surface area contributed by atoms with Crippen molar-refractivity contribution in [1.29, 1.82) is 0 Å². The zero-order chi connectivity index (χ0) is 19.8. The number of anilines is 2. The fourth-order valence-corrected chi connectivity index (χ4v) is 3.31. The third-order valence-corrected chi connectivity index (χ3v) is 4.87. The number of aliphatic hydroxyl groups excluding tert-OH is 1.